The van der Waals surface area contributed by atoms with Gasteiger partial charge in [-0.3, -0.25) is 4.90 Å². The Bertz CT molecular complexity index is 837. The summed E-state index contributed by atoms with van der Waals surface area (Å²) in [5, 5.41) is 0. The first-order chi connectivity index (χ1) is 10.7. The van der Waals surface area contributed by atoms with E-state index in [1.807, 2.05) is 6.92 Å². The van der Waals surface area contributed by atoms with E-state index < -0.39 is 0 Å². The van der Waals surface area contributed by atoms with Crippen molar-refractivity contribution >= 4 is 11.0 Å². The number of nitrogens with zero attached hydrogens (tertiary/aromatic N) is 2. The number of aryl methyl sites for hydroxylation is 1. The Morgan fingerprint density at radius 2 is 1.95 bits per heavy atom. The molecular formula is C18H19N3O. The summed E-state index contributed by atoms with van der Waals surface area (Å²) in [5.41, 5.74) is 5.76. The molecule has 1 aliphatic heterocycles. The van der Waals surface area contributed by atoms with Gasteiger partial charge < -0.3 is 9.72 Å². The number of aromatic nitrogens is 2. The second-order valence-corrected chi connectivity index (χ2v) is 5.96. The predicted molar refractivity (Wildman–Crippen MR) is 88.1 cm³/mol. The van der Waals surface area contributed by atoms with Crippen molar-refractivity contribution in [3.05, 3.63) is 47.8 Å². The average molecular weight is 293 g/mol. The van der Waals surface area contributed by atoms with Gasteiger partial charge in [0.15, 0.2) is 0 Å². The molecule has 0 radical (unpaired) electrons. The molecule has 3 aromatic rings. The van der Waals surface area contributed by atoms with Gasteiger partial charge in [-0.25, -0.2) is 4.98 Å². The molecule has 0 saturated carbocycles. The molecule has 112 valence electrons. The topological polar surface area (TPSA) is 41.2 Å². The molecule has 22 heavy (non-hydrogen) atoms. The van der Waals surface area contributed by atoms with E-state index in [1.54, 1.807) is 0 Å². The lowest BCUT2D eigenvalue weighted by Gasteiger charge is -2.12. The molecule has 0 fully saturated rings. The van der Waals surface area contributed by atoms with Gasteiger partial charge in [0.1, 0.15) is 18.2 Å². The van der Waals surface area contributed by atoms with Gasteiger partial charge in [0, 0.05) is 18.7 Å². The van der Waals surface area contributed by atoms with Gasteiger partial charge in [-0.2, -0.15) is 0 Å². The zero-order chi connectivity index (χ0) is 15.1. The van der Waals surface area contributed by atoms with Crippen LogP contribution in [0.5, 0.6) is 5.75 Å². The Morgan fingerprint density at radius 1 is 1.14 bits per heavy atom. The minimum absolute atomic E-state index is 0.752. The second-order valence-electron chi connectivity index (χ2n) is 5.96. The Labute approximate surface area is 129 Å². The maximum atomic E-state index is 5.83. The SMILES string of the molecule is Cc1nc2ccc(-c3ccc4c(c3)CN(C)CCO4)cc2[nH]1. The number of rotatable bonds is 1. The molecule has 2 heterocycles. The highest BCUT2D eigenvalue weighted by molar-refractivity contribution is 5.82. The number of hydrogen-bond donors (Lipinski definition) is 1. The number of nitrogens with one attached hydrogen (secondary N) is 1. The molecule has 4 heteroatoms. The molecule has 0 atom stereocenters. The van der Waals surface area contributed by atoms with Crippen molar-refractivity contribution in [3.63, 3.8) is 0 Å². The van der Waals surface area contributed by atoms with Crippen LogP contribution in [0.2, 0.25) is 0 Å². The molecule has 1 aliphatic rings. The molecule has 0 amide bonds. The van der Waals surface area contributed by atoms with Crippen LogP contribution in [-0.2, 0) is 6.54 Å². The molecule has 2 aromatic carbocycles. The lowest BCUT2D eigenvalue weighted by Crippen LogP contribution is -2.20. The van der Waals surface area contributed by atoms with Crippen LogP contribution >= 0.6 is 0 Å². The Morgan fingerprint density at radius 3 is 2.86 bits per heavy atom. The Balaban J connectivity index is 1.77. The molecule has 0 spiro atoms. The predicted octanol–water partition coefficient (Wildman–Crippen LogP) is 3.36. The van der Waals surface area contributed by atoms with E-state index in [9.17, 15) is 0 Å². The normalized spacial score (nSPS) is 15.4. The largest absolute Gasteiger partial charge is 0.492 e. The van der Waals surface area contributed by atoms with Crippen molar-refractivity contribution in [2.45, 2.75) is 13.5 Å². The Hall–Kier alpha value is -2.33. The summed E-state index contributed by atoms with van der Waals surface area (Å²) in [4.78, 5) is 10.1. The minimum Gasteiger partial charge on any atom is -0.492 e. The number of benzene rings is 2. The smallest absolute Gasteiger partial charge is 0.123 e. The van der Waals surface area contributed by atoms with Crippen molar-refractivity contribution in [1.29, 1.82) is 0 Å². The van der Waals surface area contributed by atoms with Crippen molar-refractivity contribution in [2.75, 3.05) is 20.2 Å². The summed E-state index contributed by atoms with van der Waals surface area (Å²) in [7, 11) is 2.13. The standard InChI is InChI=1S/C18H19N3O/c1-12-19-16-5-3-14(10-17(16)20-12)13-4-6-18-15(9-13)11-21(2)7-8-22-18/h3-6,9-10H,7-8,11H2,1-2H3,(H,19,20). The van der Waals surface area contributed by atoms with E-state index in [0.717, 1.165) is 42.3 Å². The second kappa shape index (κ2) is 5.14. The first kappa shape index (κ1) is 13.3. The van der Waals surface area contributed by atoms with Crippen LogP contribution in [0.15, 0.2) is 36.4 Å². The van der Waals surface area contributed by atoms with Crippen LogP contribution in [0.25, 0.3) is 22.2 Å². The third kappa shape index (κ3) is 2.35. The number of H-pyrrole nitrogens is 1. The first-order valence-electron chi connectivity index (χ1n) is 7.60. The number of imidazole rings is 1. The quantitative estimate of drug-likeness (QED) is 0.748. The van der Waals surface area contributed by atoms with Crippen molar-refractivity contribution in [3.8, 4) is 16.9 Å². The van der Waals surface area contributed by atoms with Crippen LogP contribution in [0.3, 0.4) is 0 Å². The number of aromatic amines is 1. The summed E-state index contributed by atoms with van der Waals surface area (Å²) in [5.74, 6) is 1.95. The number of likely N-dealkylation sites (N-methyl/N-ethyl adjacent to an activating group) is 1. The van der Waals surface area contributed by atoms with E-state index in [0.29, 0.717) is 0 Å². The van der Waals surface area contributed by atoms with Gasteiger partial charge in [0.25, 0.3) is 0 Å². The van der Waals surface area contributed by atoms with Crippen LogP contribution in [-0.4, -0.2) is 35.1 Å². The van der Waals surface area contributed by atoms with E-state index in [4.69, 9.17) is 4.74 Å². The monoisotopic (exact) mass is 293 g/mol. The lowest BCUT2D eigenvalue weighted by molar-refractivity contribution is 0.259. The molecule has 1 N–H and O–H groups in total. The molecule has 0 aliphatic carbocycles. The summed E-state index contributed by atoms with van der Waals surface area (Å²) in [6.07, 6.45) is 0. The van der Waals surface area contributed by atoms with Gasteiger partial charge in [-0.15, -0.1) is 0 Å². The van der Waals surface area contributed by atoms with Crippen LogP contribution in [0, 0.1) is 6.92 Å². The number of ether oxygens (including phenoxy) is 1. The molecule has 4 nitrogen and oxygen atoms in total. The van der Waals surface area contributed by atoms with Gasteiger partial charge >= 0.3 is 0 Å². The zero-order valence-corrected chi connectivity index (χ0v) is 12.9. The highest BCUT2D eigenvalue weighted by Crippen LogP contribution is 2.30. The van der Waals surface area contributed by atoms with Gasteiger partial charge in [-0.1, -0.05) is 12.1 Å². The zero-order valence-electron chi connectivity index (χ0n) is 12.9. The highest BCUT2D eigenvalue weighted by Gasteiger charge is 2.13. The van der Waals surface area contributed by atoms with Gasteiger partial charge in [0.05, 0.1) is 11.0 Å². The molecular weight excluding hydrogens is 274 g/mol. The molecule has 0 bridgehead atoms. The summed E-state index contributed by atoms with van der Waals surface area (Å²) in [6, 6.07) is 12.8. The van der Waals surface area contributed by atoms with Crippen molar-refractivity contribution in [1.82, 2.24) is 14.9 Å². The van der Waals surface area contributed by atoms with Crippen LogP contribution in [0.1, 0.15) is 11.4 Å². The fourth-order valence-corrected chi connectivity index (χ4v) is 3.02. The minimum atomic E-state index is 0.752. The van der Waals surface area contributed by atoms with Crippen LogP contribution < -0.4 is 4.74 Å². The highest BCUT2D eigenvalue weighted by atomic mass is 16.5. The van der Waals surface area contributed by atoms with Crippen molar-refractivity contribution in [2.24, 2.45) is 0 Å². The maximum Gasteiger partial charge on any atom is 0.123 e. The number of fused-ring (bicyclic) bond motifs is 2. The Kier molecular flexibility index (Phi) is 3.12. The van der Waals surface area contributed by atoms with Gasteiger partial charge in [0.2, 0.25) is 0 Å². The summed E-state index contributed by atoms with van der Waals surface area (Å²) in [6.45, 7) is 4.62. The number of hydrogen-bond acceptors (Lipinski definition) is 3. The summed E-state index contributed by atoms with van der Waals surface area (Å²) >= 11 is 0. The van der Waals surface area contributed by atoms with E-state index in [1.165, 1.54) is 16.7 Å². The molecule has 1 aromatic heterocycles. The van der Waals surface area contributed by atoms with Gasteiger partial charge in [-0.05, 0) is 49.4 Å². The molecule has 0 unspecified atom stereocenters. The average Bonchev–Trinajstić information content (AvgIpc) is 2.76. The third-order valence-electron chi connectivity index (χ3n) is 4.16. The van der Waals surface area contributed by atoms with E-state index in [2.05, 4.69) is 58.3 Å². The lowest BCUT2D eigenvalue weighted by atomic mass is 10.0. The third-order valence-corrected chi connectivity index (χ3v) is 4.16. The molecule has 0 saturated heterocycles. The summed E-state index contributed by atoms with van der Waals surface area (Å²) < 4.78 is 5.83. The fourth-order valence-electron chi connectivity index (χ4n) is 3.02. The maximum absolute atomic E-state index is 5.83. The fraction of sp³-hybridized carbons (Fsp3) is 0.278. The van der Waals surface area contributed by atoms with Crippen LogP contribution in [0.4, 0.5) is 0 Å². The van der Waals surface area contributed by atoms with E-state index >= 15 is 0 Å². The molecule has 4 rings (SSSR count). The first-order valence-corrected chi connectivity index (χ1v) is 7.60. The van der Waals surface area contributed by atoms with E-state index in [-0.39, 0.29) is 0 Å². The van der Waals surface area contributed by atoms with Crippen molar-refractivity contribution < 1.29 is 4.74 Å².